The van der Waals surface area contributed by atoms with Crippen LogP contribution in [0.4, 0.5) is 0 Å². The zero-order chi connectivity index (χ0) is 11.7. The molecular formula is C11H22N2O2. The van der Waals surface area contributed by atoms with Gasteiger partial charge in [0.15, 0.2) is 0 Å². The van der Waals surface area contributed by atoms with Crippen LogP contribution in [0.1, 0.15) is 46.5 Å². The number of hydrogen-bond acceptors (Lipinski definition) is 3. The number of nitrogens with two attached hydrogens (primary N) is 1. The second kappa shape index (κ2) is 4.10. The van der Waals surface area contributed by atoms with Gasteiger partial charge in [-0.05, 0) is 33.6 Å². The Hall–Kier alpha value is -0.610. The topological polar surface area (TPSA) is 75.3 Å². The van der Waals surface area contributed by atoms with Crippen molar-refractivity contribution in [2.75, 3.05) is 0 Å². The predicted octanol–water partition coefficient (Wildman–Crippen LogP) is 0.533. The van der Waals surface area contributed by atoms with Crippen LogP contribution in [0, 0.1) is 0 Å². The van der Waals surface area contributed by atoms with Gasteiger partial charge in [0, 0.05) is 0 Å². The average molecular weight is 214 g/mol. The van der Waals surface area contributed by atoms with Crippen molar-refractivity contribution in [1.29, 1.82) is 0 Å². The van der Waals surface area contributed by atoms with Crippen molar-refractivity contribution in [3.63, 3.8) is 0 Å². The molecule has 1 atom stereocenters. The molecular weight excluding hydrogens is 192 g/mol. The Bertz CT molecular complexity index is 243. The van der Waals surface area contributed by atoms with Gasteiger partial charge in [0.1, 0.15) is 0 Å². The summed E-state index contributed by atoms with van der Waals surface area (Å²) in [4.78, 5) is 11.9. The van der Waals surface area contributed by atoms with Gasteiger partial charge in [-0.1, -0.05) is 12.8 Å². The summed E-state index contributed by atoms with van der Waals surface area (Å²) in [6.45, 7) is 5.26. The first kappa shape index (κ1) is 12.5. The van der Waals surface area contributed by atoms with Crippen molar-refractivity contribution in [3.8, 4) is 0 Å². The van der Waals surface area contributed by atoms with Crippen molar-refractivity contribution in [2.45, 2.75) is 63.6 Å². The molecule has 0 radical (unpaired) electrons. The summed E-state index contributed by atoms with van der Waals surface area (Å²) in [5, 5.41) is 12.3. The maximum Gasteiger partial charge on any atom is 0.240 e. The van der Waals surface area contributed by atoms with E-state index in [0.717, 1.165) is 25.7 Å². The summed E-state index contributed by atoms with van der Waals surface area (Å²) in [5.41, 5.74) is 4.68. The van der Waals surface area contributed by atoms with Crippen molar-refractivity contribution < 1.29 is 9.90 Å². The third kappa shape index (κ3) is 2.69. The van der Waals surface area contributed by atoms with Crippen LogP contribution in [0.3, 0.4) is 0 Å². The van der Waals surface area contributed by atoms with Gasteiger partial charge in [0.2, 0.25) is 5.91 Å². The molecule has 1 aliphatic rings. The van der Waals surface area contributed by atoms with Crippen molar-refractivity contribution in [1.82, 2.24) is 5.32 Å². The van der Waals surface area contributed by atoms with Crippen molar-refractivity contribution >= 4 is 5.91 Å². The Labute approximate surface area is 91.2 Å². The molecule has 0 spiro atoms. The van der Waals surface area contributed by atoms with E-state index in [0.29, 0.717) is 0 Å². The van der Waals surface area contributed by atoms with Gasteiger partial charge in [-0.25, -0.2) is 0 Å². The van der Waals surface area contributed by atoms with E-state index in [2.05, 4.69) is 5.32 Å². The largest absolute Gasteiger partial charge is 0.391 e. The SMILES string of the molecule is CC(O)C(C)(C)NC(=O)C1(N)CCCC1. The zero-order valence-corrected chi connectivity index (χ0v) is 9.84. The standard InChI is InChI=1S/C11H22N2O2/c1-8(14)10(2,3)13-9(15)11(12)6-4-5-7-11/h8,14H,4-7,12H2,1-3H3,(H,13,15). The third-order valence-corrected chi connectivity index (χ3v) is 3.43. The van der Waals surface area contributed by atoms with Crippen LogP contribution >= 0.6 is 0 Å². The van der Waals surface area contributed by atoms with Gasteiger partial charge in [0.25, 0.3) is 0 Å². The van der Waals surface area contributed by atoms with Gasteiger partial charge in [0.05, 0.1) is 17.2 Å². The molecule has 0 heterocycles. The van der Waals surface area contributed by atoms with Crippen molar-refractivity contribution in [3.05, 3.63) is 0 Å². The summed E-state index contributed by atoms with van der Waals surface area (Å²) in [5.74, 6) is -0.133. The zero-order valence-electron chi connectivity index (χ0n) is 9.84. The van der Waals surface area contributed by atoms with E-state index in [4.69, 9.17) is 5.73 Å². The molecule has 0 saturated heterocycles. The molecule has 1 unspecified atom stereocenters. The molecule has 1 saturated carbocycles. The smallest absolute Gasteiger partial charge is 0.240 e. The lowest BCUT2D eigenvalue weighted by molar-refractivity contribution is -0.129. The van der Waals surface area contributed by atoms with Gasteiger partial charge in [-0.2, -0.15) is 0 Å². The molecule has 4 nitrogen and oxygen atoms in total. The normalized spacial score (nSPS) is 22.5. The van der Waals surface area contributed by atoms with Crippen LogP contribution in [-0.2, 0) is 4.79 Å². The lowest BCUT2D eigenvalue weighted by Crippen LogP contribution is -2.60. The Balaban J connectivity index is 2.62. The van der Waals surface area contributed by atoms with E-state index in [-0.39, 0.29) is 5.91 Å². The predicted molar refractivity (Wildman–Crippen MR) is 59.3 cm³/mol. The van der Waals surface area contributed by atoms with Crippen LogP contribution in [0.5, 0.6) is 0 Å². The third-order valence-electron chi connectivity index (χ3n) is 3.43. The molecule has 4 N–H and O–H groups in total. The molecule has 0 bridgehead atoms. The maximum atomic E-state index is 11.9. The number of carbonyl (C=O) groups is 1. The minimum atomic E-state index is -0.716. The maximum absolute atomic E-state index is 11.9. The summed E-state index contributed by atoms with van der Waals surface area (Å²) in [6, 6.07) is 0. The summed E-state index contributed by atoms with van der Waals surface area (Å²) < 4.78 is 0. The van der Waals surface area contributed by atoms with Crippen LogP contribution in [0.25, 0.3) is 0 Å². The van der Waals surface area contributed by atoms with Crippen LogP contribution in [0.15, 0.2) is 0 Å². The van der Waals surface area contributed by atoms with E-state index >= 15 is 0 Å². The van der Waals surface area contributed by atoms with E-state index in [1.54, 1.807) is 20.8 Å². The number of aliphatic hydroxyl groups excluding tert-OH is 1. The number of aliphatic hydroxyl groups is 1. The Morgan fingerprint density at radius 1 is 1.47 bits per heavy atom. The van der Waals surface area contributed by atoms with E-state index in [9.17, 15) is 9.90 Å². The number of amides is 1. The molecule has 1 rings (SSSR count). The Morgan fingerprint density at radius 3 is 2.33 bits per heavy atom. The molecule has 1 fully saturated rings. The molecule has 0 aromatic carbocycles. The van der Waals surface area contributed by atoms with E-state index in [1.165, 1.54) is 0 Å². The fraction of sp³-hybridized carbons (Fsp3) is 0.909. The monoisotopic (exact) mass is 214 g/mol. The molecule has 0 aromatic heterocycles. The average Bonchev–Trinajstić information content (AvgIpc) is 2.52. The Morgan fingerprint density at radius 2 is 1.93 bits per heavy atom. The van der Waals surface area contributed by atoms with Crippen LogP contribution in [0.2, 0.25) is 0 Å². The number of rotatable bonds is 3. The highest BCUT2D eigenvalue weighted by Crippen LogP contribution is 2.28. The van der Waals surface area contributed by atoms with E-state index < -0.39 is 17.2 Å². The summed E-state index contributed by atoms with van der Waals surface area (Å²) in [7, 11) is 0. The first-order valence-electron chi connectivity index (χ1n) is 5.57. The van der Waals surface area contributed by atoms with Gasteiger partial charge in [-0.3, -0.25) is 4.79 Å². The van der Waals surface area contributed by atoms with Crippen LogP contribution in [-0.4, -0.2) is 28.2 Å². The van der Waals surface area contributed by atoms with Gasteiger partial charge in [-0.15, -0.1) is 0 Å². The van der Waals surface area contributed by atoms with E-state index in [1.807, 2.05) is 0 Å². The highest BCUT2D eigenvalue weighted by atomic mass is 16.3. The molecule has 1 amide bonds. The number of carbonyl (C=O) groups excluding carboxylic acids is 1. The molecule has 4 heteroatoms. The minimum Gasteiger partial charge on any atom is -0.391 e. The lowest BCUT2D eigenvalue weighted by atomic mass is 9.93. The van der Waals surface area contributed by atoms with Crippen molar-refractivity contribution in [2.24, 2.45) is 5.73 Å². The number of nitrogens with one attached hydrogen (secondary N) is 1. The summed E-state index contributed by atoms with van der Waals surface area (Å²) in [6.07, 6.45) is 2.92. The lowest BCUT2D eigenvalue weighted by Gasteiger charge is -2.33. The number of hydrogen-bond donors (Lipinski definition) is 3. The van der Waals surface area contributed by atoms with Crippen LogP contribution < -0.4 is 11.1 Å². The fourth-order valence-electron chi connectivity index (χ4n) is 1.75. The summed E-state index contributed by atoms with van der Waals surface area (Å²) >= 11 is 0. The minimum absolute atomic E-state index is 0.133. The second-order valence-electron chi connectivity index (χ2n) is 5.22. The molecule has 0 aliphatic heterocycles. The molecule has 88 valence electrons. The fourth-order valence-corrected chi connectivity index (χ4v) is 1.75. The molecule has 0 aromatic rings. The van der Waals surface area contributed by atoms with Gasteiger partial charge < -0.3 is 16.2 Å². The molecule has 1 aliphatic carbocycles. The quantitative estimate of drug-likeness (QED) is 0.641. The molecule has 15 heavy (non-hydrogen) atoms. The second-order valence-corrected chi connectivity index (χ2v) is 5.22. The first-order valence-corrected chi connectivity index (χ1v) is 5.57. The first-order chi connectivity index (χ1) is 6.78. The van der Waals surface area contributed by atoms with Gasteiger partial charge >= 0.3 is 0 Å². The highest BCUT2D eigenvalue weighted by Gasteiger charge is 2.40. The Kier molecular flexibility index (Phi) is 3.41. The highest BCUT2D eigenvalue weighted by molar-refractivity contribution is 5.87.